The van der Waals surface area contributed by atoms with Gasteiger partial charge in [0.2, 0.25) is 0 Å². The Bertz CT molecular complexity index is 345. The second-order valence-corrected chi connectivity index (χ2v) is 5.42. The summed E-state index contributed by atoms with van der Waals surface area (Å²) in [4.78, 5) is 2.29. The zero-order chi connectivity index (χ0) is 12.9. The molecule has 0 heterocycles. The molecule has 0 fully saturated rings. The summed E-state index contributed by atoms with van der Waals surface area (Å²) < 4.78 is 0. The molecular formula is C15H25NO. The van der Waals surface area contributed by atoms with E-state index in [2.05, 4.69) is 57.0 Å². The topological polar surface area (TPSA) is 23.5 Å². The van der Waals surface area contributed by atoms with Crippen LogP contribution in [0.1, 0.15) is 31.4 Å². The molecule has 1 N–H and O–H groups in total. The van der Waals surface area contributed by atoms with Crippen LogP contribution in [-0.2, 0) is 6.54 Å². The van der Waals surface area contributed by atoms with Crippen LogP contribution >= 0.6 is 0 Å². The van der Waals surface area contributed by atoms with Gasteiger partial charge in [0.1, 0.15) is 0 Å². The second kappa shape index (κ2) is 6.18. The molecule has 17 heavy (non-hydrogen) atoms. The van der Waals surface area contributed by atoms with E-state index < -0.39 is 0 Å². The zero-order valence-electron chi connectivity index (χ0n) is 11.5. The van der Waals surface area contributed by atoms with Crippen molar-refractivity contribution in [2.24, 2.45) is 5.41 Å². The van der Waals surface area contributed by atoms with Crippen molar-refractivity contribution < 1.29 is 5.11 Å². The first-order valence-electron chi connectivity index (χ1n) is 6.34. The third-order valence-electron chi connectivity index (χ3n) is 3.59. The summed E-state index contributed by atoms with van der Waals surface area (Å²) in [6, 6.07) is 8.48. The van der Waals surface area contributed by atoms with Gasteiger partial charge in [0, 0.05) is 25.1 Å². The molecule has 0 bridgehead atoms. The van der Waals surface area contributed by atoms with Crippen LogP contribution in [0.4, 0.5) is 0 Å². The predicted molar refractivity (Wildman–Crippen MR) is 73.0 cm³/mol. The molecule has 2 nitrogen and oxygen atoms in total. The molecule has 1 atom stereocenters. The van der Waals surface area contributed by atoms with Gasteiger partial charge < -0.3 is 10.0 Å². The highest BCUT2D eigenvalue weighted by Gasteiger charge is 2.22. The van der Waals surface area contributed by atoms with E-state index in [-0.39, 0.29) is 12.0 Å². The fourth-order valence-electron chi connectivity index (χ4n) is 2.06. The molecule has 0 amide bonds. The van der Waals surface area contributed by atoms with Gasteiger partial charge in [-0.05, 0) is 31.5 Å². The summed E-state index contributed by atoms with van der Waals surface area (Å²) in [5, 5.41) is 9.43. The zero-order valence-corrected chi connectivity index (χ0v) is 11.5. The van der Waals surface area contributed by atoms with E-state index >= 15 is 0 Å². The molecule has 1 rings (SSSR count). The van der Waals surface area contributed by atoms with Crippen LogP contribution < -0.4 is 0 Å². The number of aliphatic hydroxyl groups is 1. The fourth-order valence-corrected chi connectivity index (χ4v) is 2.06. The molecule has 0 aliphatic heterocycles. The van der Waals surface area contributed by atoms with E-state index in [1.807, 2.05) is 0 Å². The summed E-state index contributed by atoms with van der Waals surface area (Å²) >= 11 is 0. The average molecular weight is 235 g/mol. The first-order chi connectivity index (χ1) is 8.00. The lowest BCUT2D eigenvalue weighted by Crippen LogP contribution is -2.35. The molecule has 0 aromatic heterocycles. The highest BCUT2D eigenvalue weighted by Crippen LogP contribution is 2.22. The van der Waals surface area contributed by atoms with Gasteiger partial charge in [-0.15, -0.1) is 0 Å². The number of rotatable bonds is 6. The van der Waals surface area contributed by atoms with Gasteiger partial charge in [-0.1, -0.05) is 38.1 Å². The van der Waals surface area contributed by atoms with Crippen molar-refractivity contribution in [3.05, 3.63) is 35.4 Å². The monoisotopic (exact) mass is 235 g/mol. The number of benzene rings is 1. The smallest absolute Gasteiger partial charge is 0.0496 e. The molecule has 0 saturated heterocycles. The molecule has 1 aromatic carbocycles. The van der Waals surface area contributed by atoms with E-state index in [1.165, 1.54) is 11.1 Å². The van der Waals surface area contributed by atoms with Crippen LogP contribution in [0.2, 0.25) is 0 Å². The van der Waals surface area contributed by atoms with Gasteiger partial charge in [0.25, 0.3) is 0 Å². The highest BCUT2D eigenvalue weighted by molar-refractivity contribution is 5.25. The molecule has 1 unspecified atom stereocenters. The number of hydrogen-bond acceptors (Lipinski definition) is 2. The first kappa shape index (κ1) is 14.2. The summed E-state index contributed by atoms with van der Waals surface area (Å²) in [6.45, 7) is 8.55. The molecule has 0 aliphatic carbocycles. The van der Waals surface area contributed by atoms with Gasteiger partial charge in [0.05, 0.1) is 0 Å². The van der Waals surface area contributed by atoms with Crippen LogP contribution in [-0.4, -0.2) is 30.2 Å². The number of aryl methyl sites for hydroxylation is 1. The molecule has 0 aliphatic rings. The van der Waals surface area contributed by atoms with E-state index in [0.717, 1.165) is 19.5 Å². The normalized spacial score (nSPS) is 14.9. The Balaban J connectivity index is 2.61. The van der Waals surface area contributed by atoms with Crippen LogP contribution in [0.15, 0.2) is 24.3 Å². The third-order valence-corrected chi connectivity index (χ3v) is 3.59. The second-order valence-electron chi connectivity index (χ2n) is 5.42. The lowest BCUT2D eigenvalue weighted by atomic mass is 9.88. The SMILES string of the molecule is CCC(C)(CO)CN(C)Cc1ccccc1C. The molecule has 2 heteroatoms. The maximum atomic E-state index is 9.43. The number of hydrogen-bond donors (Lipinski definition) is 1. The largest absolute Gasteiger partial charge is 0.396 e. The van der Waals surface area contributed by atoms with Crippen molar-refractivity contribution >= 4 is 0 Å². The van der Waals surface area contributed by atoms with Crippen LogP contribution in [0.25, 0.3) is 0 Å². The van der Waals surface area contributed by atoms with Crippen molar-refractivity contribution in [3.8, 4) is 0 Å². The number of aliphatic hydroxyl groups excluding tert-OH is 1. The van der Waals surface area contributed by atoms with Crippen LogP contribution in [0.5, 0.6) is 0 Å². The average Bonchev–Trinajstić information content (AvgIpc) is 2.32. The Morgan fingerprint density at radius 1 is 1.29 bits per heavy atom. The Labute approximate surface area is 105 Å². The van der Waals surface area contributed by atoms with E-state index in [9.17, 15) is 5.11 Å². The maximum Gasteiger partial charge on any atom is 0.0496 e. The Morgan fingerprint density at radius 2 is 1.94 bits per heavy atom. The van der Waals surface area contributed by atoms with Crippen molar-refractivity contribution in [2.45, 2.75) is 33.7 Å². The Morgan fingerprint density at radius 3 is 2.47 bits per heavy atom. The van der Waals surface area contributed by atoms with Gasteiger partial charge in [-0.25, -0.2) is 0 Å². The molecular weight excluding hydrogens is 210 g/mol. The lowest BCUT2D eigenvalue weighted by Gasteiger charge is -2.31. The maximum absolute atomic E-state index is 9.43. The van der Waals surface area contributed by atoms with E-state index in [1.54, 1.807) is 0 Å². The van der Waals surface area contributed by atoms with Crippen LogP contribution in [0.3, 0.4) is 0 Å². The van der Waals surface area contributed by atoms with Crippen molar-refractivity contribution in [1.82, 2.24) is 4.90 Å². The Kier molecular flexibility index (Phi) is 5.16. The summed E-state index contributed by atoms with van der Waals surface area (Å²) in [5.41, 5.74) is 2.71. The minimum absolute atomic E-state index is 0.0113. The molecule has 0 spiro atoms. The molecule has 0 radical (unpaired) electrons. The number of nitrogens with zero attached hydrogens (tertiary/aromatic N) is 1. The van der Waals surface area contributed by atoms with Crippen molar-refractivity contribution in [2.75, 3.05) is 20.2 Å². The third kappa shape index (κ3) is 4.14. The lowest BCUT2D eigenvalue weighted by molar-refractivity contribution is 0.0929. The van der Waals surface area contributed by atoms with Gasteiger partial charge >= 0.3 is 0 Å². The summed E-state index contributed by atoms with van der Waals surface area (Å²) in [7, 11) is 2.12. The van der Waals surface area contributed by atoms with Gasteiger partial charge in [0.15, 0.2) is 0 Å². The van der Waals surface area contributed by atoms with Crippen molar-refractivity contribution in [1.29, 1.82) is 0 Å². The standard InChI is InChI=1S/C15H25NO/c1-5-15(3,12-17)11-16(4)10-14-9-7-6-8-13(14)2/h6-9,17H,5,10-12H2,1-4H3. The minimum atomic E-state index is 0.0113. The highest BCUT2D eigenvalue weighted by atomic mass is 16.3. The summed E-state index contributed by atoms with van der Waals surface area (Å²) in [6.07, 6.45) is 1.00. The van der Waals surface area contributed by atoms with Crippen LogP contribution in [0, 0.1) is 12.3 Å². The molecule has 0 saturated carbocycles. The quantitative estimate of drug-likeness (QED) is 0.819. The molecule has 96 valence electrons. The van der Waals surface area contributed by atoms with Gasteiger partial charge in [-0.2, -0.15) is 0 Å². The summed E-state index contributed by atoms with van der Waals surface area (Å²) in [5.74, 6) is 0. The Hall–Kier alpha value is -0.860. The van der Waals surface area contributed by atoms with Crippen molar-refractivity contribution in [3.63, 3.8) is 0 Å². The molecule has 1 aromatic rings. The van der Waals surface area contributed by atoms with E-state index in [4.69, 9.17) is 0 Å². The first-order valence-corrected chi connectivity index (χ1v) is 6.34. The van der Waals surface area contributed by atoms with E-state index in [0.29, 0.717) is 0 Å². The minimum Gasteiger partial charge on any atom is -0.396 e. The fraction of sp³-hybridized carbons (Fsp3) is 0.600. The predicted octanol–water partition coefficient (Wildman–Crippen LogP) is 2.84. The van der Waals surface area contributed by atoms with Gasteiger partial charge in [-0.3, -0.25) is 0 Å².